The molecule has 0 spiro atoms. The summed E-state index contributed by atoms with van der Waals surface area (Å²) in [7, 11) is 0. The SMILES string of the molecule is CC(C)(C)OCCCC1CCCCN1. The molecule has 0 aromatic rings. The number of rotatable bonds is 4. The number of nitrogens with one attached hydrogen (secondary N) is 1. The Morgan fingerprint density at radius 2 is 2.07 bits per heavy atom. The van der Waals surface area contributed by atoms with Crippen LogP contribution in [-0.4, -0.2) is 24.8 Å². The summed E-state index contributed by atoms with van der Waals surface area (Å²) in [6, 6.07) is 0.757. The van der Waals surface area contributed by atoms with Crippen LogP contribution in [0.2, 0.25) is 0 Å². The molecular weight excluding hydrogens is 174 g/mol. The molecule has 1 atom stereocenters. The van der Waals surface area contributed by atoms with Gasteiger partial charge >= 0.3 is 0 Å². The average Bonchev–Trinajstić information content (AvgIpc) is 2.13. The van der Waals surface area contributed by atoms with Crippen LogP contribution in [0.15, 0.2) is 0 Å². The van der Waals surface area contributed by atoms with E-state index < -0.39 is 0 Å². The van der Waals surface area contributed by atoms with E-state index >= 15 is 0 Å². The predicted molar refractivity (Wildman–Crippen MR) is 60.6 cm³/mol. The molecule has 0 aromatic carbocycles. The summed E-state index contributed by atoms with van der Waals surface area (Å²) in [5, 5.41) is 3.56. The maximum atomic E-state index is 5.69. The second kappa shape index (κ2) is 5.72. The molecule has 2 heteroatoms. The minimum Gasteiger partial charge on any atom is -0.376 e. The van der Waals surface area contributed by atoms with Crippen molar-refractivity contribution >= 4 is 0 Å². The minimum absolute atomic E-state index is 0.0278. The minimum atomic E-state index is 0.0278. The van der Waals surface area contributed by atoms with Crippen LogP contribution in [0.4, 0.5) is 0 Å². The number of hydrogen-bond acceptors (Lipinski definition) is 2. The highest BCUT2D eigenvalue weighted by Gasteiger charge is 2.13. The molecule has 1 unspecified atom stereocenters. The summed E-state index contributed by atoms with van der Waals surface area (Å²) in [6.07, 6.45) is 6.58. The van der Waals surface area contributed by atoms with E-state index in [0.29, 0.717) is 0 Å². The van der Waals surface area contributed by atoms with Crippen molar-refractivity contribution in [1.29, 1.82) is 0 Å². The monoisotopic (exact) mass is 199 g/mol. The second-order valence-corrected chi connectivity index (χ2v) is 5.25. The standard InChI is InChI=1S/C12H25NO/c1-12(2,3)14-10-6-8-11-7-4-5-9-13-11/h11,13H,4-10H2,1-3H3. The van der Waals surface area contributed by atoms with Crippen molar-refractivity contribution in [3.8, 4) is 0 Å². The average molecular weight is 199 g/mol. The lowest BCUT2D eigenvalue weighted by Gasteiger charge is -2.24. The second-order valence-electron chi connectivity index (χ2n) is 5.25. The quantitative estimate of drug-likeness (QED) is 0.703. The normalized spacial score (nSPS) is 23.8. The molecule has 0 bridgehead atoms. The number of piperidine rings is 1. The van der Waals surface area contributed by atoms with E-state index in [1.54, 1.807) is 0 Å². The molecule has 0 radical (unpaired) electrons. The number of hydrogen-bond donors (Lipinski definition) is 1. The molecule has 1 aliphatic heterocycles. The van der Waals surface area contributed by atoms with Crippen molar-refractivity contribution < 1.29 is 4.74 Å². The molecule has 1 rings (SSSR count). The molecule has 0 aromatic heterocycles. The van der Waals surface area contributed by atoms with Crippen LogP contribution in [0.3, 0.4) is 0 Å². The third kappa shape index (κ3) is 5.61. The third-order valence-corrected chi connectivity index (χ3v) is 2.64. The fourth-order valence-corrected chi connectivity index (χ4v) is 1.88. The lowest BCUT2D eigenvalue weighted by molar-refractivity contribution is -0.00559. The van der Waals surface area contributed by atoms with Gasteiger partial charge in [-0.2, -0.15) is 0 Å². The van der Waals surface area contributed by atoms with Gasteiger partial charge in [-0.05, 0) is 53.0 Å². The highest BCUT2D eigenvalue weighted by molar-refractivity contribution is 4.71. The Morgan fingerprint density at radius 1 is 1.29 bits per heavy atom. The molecule has 1 aliphatic rings. The van der Waals surface area contributed by atoms with Crippen molar-refractivity contribution in [2.45, 2.75) is 64.5 Å². The van der Waals surface area contributed by atoms with E-state index in [4.69, 9.17) is 4.74 Å². The van der Waals surface area contributed by atoms with Gasteiger partial charge in [0, 0.05) is 12.6 Å². The predicted octanol–water partition coefficient (Wildman–Crippen LogP) is 2.72. The first-order valence-corrected chi connectivity index (χ1v) is 5.95. The Bertz CT molecular complexity index is 145. The van der Waals surface area contributed by atoms with Crippen LogP contribution in [0.25, 0.3) is 0 Å². The van der Waals surface area contributed by atoms with Crippen molar-refractivity contribution in [2.75, 3.05) is 13.2 Å². The Labute approximate surface area is 88.4 Å². The zero-order valence-corrected chi connectivity index (χ0v) is 9.94. The van der Waals surface area contributed by atoms with Gasteiger partial charge in [0.1, 0.15) is 0 Å². The highest BCUT2D eigenvalue weighted by Crippen LogP contribution is 2.13. The van der Waals surface area contributed by atoms with Gasteiger partial charge in [-0.15, -0.1) is 0 Å². The molecule has 84 valence electrons. The molecule has 1 N–H and O–H groups in total. The van der Waals surface area contributed by atoms with Gasteiger partial charge < -0.3 is 10.1 Å². The summed E-state index contributed by atoms with van der Waals surface area (Å²) < 4.78 is 5.69. The lowest BCUT2D eigenvalue weighted by Crippen LogP contribution is -2.34. The lowest BCUT2D eigenvalue weighted by atomic mass is 10.0. The Kier molecular flexibility index (Phi) is 4.90. The van der Waals surface area contributed by atoms with E-state index in [2.05, 4.69) is 26.1 Å². The van der Waals surface area contributed by atoms with Gasteiger partial charge in [0.2, 0.25) is 0 Å². The Balaban J connectivity index is 1.97. The Morgan fingerprint density at radius 3 is 2.64 bits per heavy atom. The van der Waals surface area contributed by atoms with E-state index in [0.717, 1.165) is 12.6 Å². The smallest absolute Gasteiger partial charge is 0.0598 e. The molecule has 1 saturated heterocycles. The molecule has 2 nitrogen and oxygen atoms in total. The van der Waals surface area contributed by atoms with Crippen LogP contribution in [0, 0.1) is 0 Å². The van der Waals surface area contributed by atoms with Crippen molar-refractivity contribution in [1.82, 2.24) is 5.32 Å². The summed E-state index contributed by atoms with van der Waals surface area (Å²) >= 11 is 0. The molecular formula is C12H25NO. The molecule has 1 fully saturated rings. The van der Waals surface area contributed by atoms with Gasteiger partial charge in [-0.1, -0.05) is 6.42 Å². The van der Waals surface area contributed by atoms with Crippen LogP contribution < -0.4 is 5.32 Å². The van der Waals surface area contributed by atoms with Gasteiger partial charge in [0.05, 0.1) is 5.60 Å². The van der Waals surface area contributed by atoms with E-state index in [9.17, 15) is 0 Å². The van der Waals surface area contributed by atoms with Gasteiger partial charge in [0.15, 0.2) is 0 Å². The van der Waals surface area contributed by atoms with E-state index in [1.807, 2.05) is 0 Å². The molecule has 0 aliphatic carbocycles. The van der Waals surface area contributed by atoms with Crippen LogP contribution >= 0.6 is 0 Å². The third-order valence-electron chi connectivity index (χ3n) is 2.64. The van der Waals surface area contributed by atoms with Gasteiger partial charge in [0.25, 0.3) is 0 Å². The zero-order valence-electron chi connectivity index (χ0n) is 9.94. The van der Waals surface area contributed by atoms with Crippen molar-refractivity contribution in [2.24, 2.45) is 0 Å². The fraction of sp³-hybridized carbons (Fsp3) is 1.00. The molecule has 0 amide bonds. The first-order chi connectivity index (χ1) is 6.58. The van der Waals surface area contributed by atoms with Crippen LogP contribution in [0.1, 0.15) is 52.9 Å². The van der Waals surface area contributed by atoms with E-state index in [-0.39, 0.29) is 5.60 Å². The first-order valence-electron chi connectivity index (χ1n) is 5.95. The zero-order chi connectivity index (χ0) is 10.4. The summed E-state index contributed by atoms with van der Waals surface area (Å²) in [4.78, 5) is 0. The van der Waals surface area contributed by atoms with Crippen molar-refractivity contribution in [3.05, 3.63) is 0 Å². The maximum Gasteiger partial charge on any atom is 0.0598 e. The first kappa shape index (κ1) is 12.0. The highest BCUT2D eigenvalue weighted by atomic mass is 16.5. The Hall–Kier alpha value is -0.0800. The van der Waals surface area contributed by atoms with Gasteiger partial charge in [-0.25, -0.2) is 0 Å². The van der Waals surface area contributed by atoms with E-state index in [1.165, 1.54) is 38.6 Å². The maximum absolute atomic E-state index is 5.69. The topological polar surface area (TPSA) is 21.3 Å². The number of ether oxygens (including phenoxy) is 1. The van der Waals surface area contributed by atoms with Gasteiger partial charge in [-0.3, -0.25) is 0 Å². The fourth-order valence-electron chi connectivity index (χ4n) is 1.88. The van der Waals surface area contributed by atoms with Crippen LogP contribution in [0.5, 0.6) is 0 Å². The summed E-state index contributed by atoms with van der Waals surface area (Å²) in [5.74, 6) is 0. The molecule has 0 saturated carbocycles. The largest absolute Gasteiger partial charge is 0.376 e. The molecule has 1 heterocycles. The molecule has 14 heavy (non-hydrogen) atoms. The van der Waals surface area contributed by atoms with Crippen LogP contribution in [-0.2, 0) is 4.74 Å². The summed E-state index contributed by atoms with van der Waals surface area (Å²) in [6.45, 7) is 8.47. The summed E-state index contributed by atoms with van der Waals surface area (Å²) in [5.41, 5.74) is 0.0278. The van der Waals surface area contributed by atoms with Crippen molar-refractivity contribution in [3.63, 3.8) is 0 Å².